The van der Waals surface area contributed by atoms with E-state index in [9.17, 15) is 24.6 Å². The Hall–Kier alpha value is -3.71. The largest absolute Gasteiger partial charge is 0.489 e. The highest BCUT2D eigenvalue weighted by Crippen LogP contribution is 2.47. The average molecular weight is 445 g/mol. The molecule has 0 saturated carbocycles. The number of β-lactam (4-membered cyclic amide) rings is 1. The van der Waals surface area contributed by atoms with Gasteiger partial charge in [0.1, 0.15) is 18.1 Å². The number of hydrogen-bond acceptors (Lipinski definition) is 5. The zero-order valence-corrected chi connectivity index (χ0v) is 18.2. The molecule has 168 valence electrons. The highest BCUT2D eigenvalue weighted by atomic mass is 16.5. The normalized spacial score (nSPS) is 24.0. The van der Waals surface area contributed by atoms with Gasteiger partial charge >= 0.3 is 5.97 Å². The SMILES string of the molecule is CC(O)C1C(=O)N2C(C(=O)O)=C(C=CCOc3cccc4c3-c3ccccc3C4=O)[C@H](C)C12. The molecule has 0 spiro atoms. The predicted octanol–water partition coefficient (Wildman–Crippen LogP) is 3.03. The molecule has 4 atom stereocenters. The molecule has 33 heavy (non-hydrogen) atoms. The molecule has 2 aromatic carbocycles. The van der Waals surface area contributed by atoms with Gasteiger partial charge in [0.05, 0.1) is 18.1 Å². The average Bonchev–Trinajstić information content (AvgIpc) is 3.21. The minimum atomic E-state index is -1.17. The number of fused-ring (bicyclic) bond motifs is 4. The second-order valence-electron chi connectivity index (χ2n) is 8.63. The van der Waals surface area contributed by atoms with Crippen LogP contribution in [0.4, 0.5) is 0 Å². The fourth-order valence-corrected chi connectivity index (χ4v) is 5.29. The van der Waals surface area contributed by atoms with E-state index >= 15 is 0 Å². The van der Waals surface area contributed by atoms with E-state index in [1.165, 1.54) is 4.90 Å². The van der Waals surface area contributed by atoms with E-state index in [1.54, 1.807) is 43.3 Å². The van der Waals surface area contributed by atoms with Gasteiger partial charge in [-0.05, 0) is 30.2 Å². The topological polar surface area (TPSA) is 104 Å². The summed E-state index contributed by atoms with van der Waals surface area (Å²) >= 11 is 0. The van der Waals surface area contributed by atoms with Gasteiger partial charge < -0.3 is 19.8 Å². The van der Waals surface area contributed by atoms with Gasteiger partial charge in [0, 0.05) is 22.6 Å². The van der Waals surface area contributed by atoms with Crippen LogP contribution >= 0.6 is 0 Å². The number of hydrogen-bond donors (Lipinski definition) is 2. The number of aliphatic carboxylic acids is 1. The van der Waals surface area contributed by atoms with Gasteiger partial charge in [0.25, 0.3) is 0 Å². The van der Waals surface area contributed by atoms with Crippen molar-refractivity contribution in [3.05, 3.63) is 77.0 Å². The first-order valence-corrected chi connectivity index (χ1v) is 10.9. The van der Waals surface area contributed by atoms with Crippen LogP contribution in [0.2, 0.25) is 0 Å². The Kier molecular flexibility index (Phi) is 4.94. The molecular formula is C26H23NO6. The predicted molar refractivity (Wildman–Crippen MR) is 120 cm³/mol. The first kappa shape index (κ1) is 21.2. The second-order valence-corrected chi connectivity index (χ2v) is 8.63. The summed E-state index contributed by atoms with van der Waals surface area (Å²) in [6, 6.07) is 12.4. The van der Waals surface area contributed by atoms with Crippen molar-refractivity contribution >= 4 is 17.7 Å². The molecule has 1 fully saturated rings. The van der Waals surface area contributed by atoms with Crippen molar-refractivity contribution in [2.75, 3.05) is 6.61 Å². The zero-order chi connectivity index (χ0) is 23.4. The Morgan fingerprint density at radius 1 is 1.12 bits per heavy atom. The number of carbonyl (C=O) groups is 3. The number of ketones is 1. The molecule has 1 aliphatic carbocycles. The summed E-state index contributed by atoms with van der Waals surface area (Å²) < 4.78 is 5.97. The van der Waals surface area contributed by atoms with Gasteiger partial charge in [-0.3, -0.25) is 9.59 Å². The van der Waals surface area contributed by atoms with Gasteiger partial charge in [0.15, 0.2) is 5.78 Å². The molecule has 3 aliphatic rings. The molecule has 7 heteroatoms. The fourth-order valence-electron chi connectivity index (χ4n) is 5.29. The number of carbonyl (C=O) groups excluding carboxylic acids is 2. The van der Waals surface area contributed by atoms with E-state index in [-0.39, 0.29) is 36.0 Å². The Bertz CT molecular complexity index is 1260. The van der Waals surface area contributed by atoms with Crippen molar-refractivity contribution in [3.8, 4) is 16.9 Å². The Balaban J connectivity index is 1.38. The van der Waals surface area contributed by atoms with Gasteiger partial charge in [-0.25, -0.2) is 4.79 Å². The lowest BCUT2D eigenvalue weighted by Gasteiger charge is -2.46. The van der Waals surface area contributed by atoms with Crippen LogP contribution < -0.4 is 4.74 Å². The highest BCUT2D eigenvalue weighted by molar-refractivity contribution is 6.22. The first-order chi connectivity index (χ1) is 15.8. The lowest BCUT2D eigenvalue weighted by molar-refractivity contribution is -0.163. The highest BCUT2D eigenvalue weighted by Gasteiger charge is 2.59. The second kappa shape index (κ2) is 7.71. The lowest BCUT2D eigenvalue weighted by atomic mass is 9.78. The Morgan fingerprint density at radius 2 is 1.82 bits per heavy atom. The molecule has 2 N–H and O–H groups in total. The number of nitrogens with zero attached hydrogens (tertiary/aromatic N) is 1. The van der Waals surface area contributed by atoms with E-state index < -0.39 is 18.0 Å². The third-order valence-electron chi connectivity index (χ3n) is 6.77. The number of aliphatic hydroxyl groups is 1. The number of carboxylic acid groups (broad SMARTS) is 1. The molecule has 0 aromatic heterocycles. The molecule has 3 unspecified atom stereocenters. The molecule has 7 nitrogen and oxygen atoms in total. The van der Waals surface area contributed by atoms with Crippen molar-refractivity contribution in [1.82, 2.24) is 4.90 Å². The van der Waals surface area contributed by atoms with Gasteiger partial charge in [-0.15, -0.1) is 0 Å². The number of ether oxygens (including phenoxy) is 1. The van der Waals surface area contributed by atoms with E-state index in [4.69, 9.17) is 4.74 Å². The van der Waals surface area contributed by atoms with E-state index in [2.05, 4.69) is 0 Å². The van der Waals surface area contributed by atoms with Crippen molar-refractivity contribution < 1.29 is 29.3 Å². The monoisotopic (exact) mass is 445 g/mol. The van der Waals surface area contributed by atoms with Crippen LogP contribution in [0, 0.1) is 11.8 Å². The third-order valence-corrected chi connectivity index (χ3v) is 6.77. The first-order valence-electron chi connectivity index (χ1n) is 10.9. The molecule has 1 amide bonds. The summed E-state index contributed by atoms with van der Waals surface area (Å²) in [6.07, 6.45) is 2.56. The maximum absolute atomic E-state index is 12.7. The third kappa shape index (κ3) is 3.03. The lowest BCUT2D eigenvalue weighted by Crippen LogP contribution is -2.63. The van der Waals surface area contributed by atoms with Crippen LogP contribution in [0.1, 0.15) is 29.8 Å². The van der Waals surface area contributed by atoms with Gasteiger partial charge in [-0.1, -0.05) is 49.4 Å². The Morgan fingerprint density at radius 3 is 2.52 bits per heavy atom. The fraction of sp³-hybridized carbons (Fsp3) is 0.269. The maximum Gasteiger partial charge on any atom is 0.352 e. The summed E-state index contributed by atoms with van der Waals surface area (Å²) in [5.41, 5.74) is 3.35. The standard InChI is InChI=1S/C26H23NO6/c1-13-15(23(26(31)32)27-22(13)20(14(2)28)25(27)30)10-6-12-33-19-11-5-9-18-21(19)16-7-3-4-8-17(16)24(18)29/h3-11,13-14,20,22,28H,12H2,1-2H3,(H,31,32)/t13-,14?,20?,22?/m0/s1. The van der Waals surface area contributed by atoms with Crippen molar-refractivity contribution in [1.29, 1.82) is 0 Å². The molecule has 1 saturated heterocycles. The number of carboxylic acids is 1. The molecule has 0 bridgehead atoms. The van der Waals surface area contributed by atoms with E-state index in [1.807, 2.05) is 25.1 Å². The van der Waals surface area contributed by atoms with Gasteiger partial charge in [-0.2, -0.15) is 0 Å². The van der Waals surface area contributed by atoms with Crippen molar-refractivity contribution in [2.45, 2.75) is 26.0 Å². The van der Waals surface area contributed by atoms with Crippen LogP contribution in [0.3, 0.4) is 0 Å². The summed E-state index contributed by atoms with van der Waals surface area (Å²) in [7, 11) is 0. The molecule has 2 aliphatic heterocycles. The maximum atomic E-state index is 12.7. The van der Waals surface area contributed by atoms with Crippen LogP contribution in [-0.2, 0) is 9.59 Å². The summed E-state index contributed by atoms with van der Waals surface area (Å²) in [6.45, 7) is 3.58. The van der Waals surface area contributed by atoms with E-state index in [0.717, 1.165) is 11.1 Å². The number of benzene rings is 2. The number of amides is 1. The smallest absolute Gasteiger partial charge is 0.352 e. The summed E-state index contributed by atoms with van der Waals surface area (Å²) in [5, 5.41) is 19.7. The molecule has 2 aromatic rings. The minimum Gasteiger partial charge on any atom is -0.489 e. The van der Waals surface area contributed by atoms with Crippen LogP contribution in [0.15, 0.2) is 65.9 Å². The van der Waals surface area contributed by atoms with Crippen molar-refractivity contribution in [2.24, 2.45) is 11.8 Å². The van der Waals surface area contributed by atoms with Crippen LogP contribution in [-0.4, -0.2) is 51.5 Å². The molecular weight excluding hydrogens is 422 g/mol. The molecule has 2 heterocycles. The summed E-state index contributed by atoms with van der Waals surface area (Å²) in [4.78, 5) is 38.3. The van der Waals surface area contributed by atoms with E-state index in [0.29, 0.717) is 22.4 Å². The van der Waals surface area contributed by atoms with Crippen LogP contribution in [0.25, 0.3) is 11.1 Å². The van der Waals surface area contributed by atoms with Crippen molar-refractivity contribution in [3.63, 3.8) is 0 Å². The minimum absolute atomic E-state index is 0.0283. The summed E-state index contributed by atoms with van der Waals surface area (Å²) in [5.74, 6) is -1.80. The molecule has 0 radical (unpaired) electrons. The number of aliphatic hydroxyl groups excluding tert-OH is 1. The molecule has 5 rings (SSSR count). The number of allylic oxidation sites excluding steroid dienone is 1. The zero-order valence-electron chi connectivity index (χ0n) is 18.2. The van der Waals surface area contributed by atoms with Gasteiger partial charge in [0.2, 0.25) is 5.91 Å². The van der Waals surface area contributed by atoms with Crippen LogP contribution in [0.5, 0.6) is 5.75 Å². The Labute approximate surface area is 190 Å². The quantitative estimate of drug-likeness (QED) is 0.566. The number of rotatable bonds is 6.